The monoisotopic (exact) mass is 272 g/mol. The minimum atomic E-state index is -0.960. The Balaban J connectivity index is 2.12. The van der Waals surface area contributed by atoms with E-state index in [0.29, 0.717) is 5.69 Å². The Hall–Kier alpha value is -2.63. The summed E-state index contributed by atoms with van der Waals surface area (Å²) in [6.07, 6.45) is 3.66. The second kappa shape index (κ2) is 6.01. The quantitative estimate of drug-likeness (QED) is 0.647. The SMILES string of the molecule is CCn1cc(/C(C)=N/Nc2cccc(C(=O)O)c2)cn1. The second-order valence-electron chi connectivity index (χ2n) is 4.28. The molecule has 6 heteroatoms. The van der Waals surface area contributed by atoms with Crippen molar-refractivity contribution in [1.29, 1.82) is 0 Å². The van der Waals surface area contributed by atoms with Crippen LogP contribution in [0, 0.1) is 0 Å². The van der Waals surface area contributed by atoms with Crippen LogP contribution in [0.15, 0.2) is 41.8 Å². The molecule has 1 aromatic heterocycles. The van der Waals surface area contributed by atoms with E-state index < -0.39 is 5.97 Å². The van der Waals surface area contributed by atoms with Gasteiger partial charge in [-0.05, 0) is 32.0 Å². The van der Waals surface area contributed by atoms with E-state index in [1.54, 1.807) is 18.3 Å². The molecule has 0 aliphatic heterocycles. The molecule has 6 nitrogen and oxygen atoms in total. The van der Waals surface area contributed by atoms with Crippen molar-refractivity contribution >= 4 is 17.4 Å². The number of aryl methyl sites for hydroxylation is 1. The van der Waals surface area contributed by atoms with Crippen molar-refractivity contribution in [1.82, 2.24) is 9.78 Å². The highest BCUT2D eigenvalue weighted by molar-refractivity contribution is 5.98. The molecule has 2 aromatic rings. The zero-order valence-corrected chi connectivity index (χ0v) is 11.4. The van der Waals surface area contributed by atoms with Gasteiger partial charge in [0.25, 0.3) is 0 Å². The molecular weight excluding hydrogens is 256 g/mol. The third-order valence-electron chi connectivity index (χ3n) is 2.84. The Morgan fingerprint density at radius 2 is 2.25 bits per heavy atom. The summed E-state index contributed by atoms with van der Waals surface area (Å²) in [6.45, 7) is 4.69. The third kappa shape index (κ3) is 3.23. The normalized spacial score (nSPS) is 11.4. The van der Waals surface area contributed by atoms with Crippen LogP contribution in [0.2, 0.25) is 0 Å². The molecule has 1 aromatic carbocycles. The Bertz CT molecular complexity index is 646. The molecule has 0 aliphatic rings. The Kier molecular flexibility index (Phi) is 4.14. The maximum absolute atomic E-state index is 10.9. The van der Waals surface area contributed by atoms with Crippen molar-refractivity contribution in [3.8, 4) is 0 Å². The van der Waals surface area contributed by atoms with E-state index in [4.69, 9.17) is 5.11 Å². The van der Waals surface area contributed by atoms with Gasteiger partial charge in [0.15, 0.2) is 0 Å². The van der Waals surface area contributed by atoms with Gasteiger partial charge in [-0.25, -0.2) is 4.79 Å². The molecule has 0 radical (unpaired) electrons. The molecule has 0 bridgehead atoms. The molecule has 1 heterocycles. The maximum atomic E-state index is 10.9. The van der Waals surface area contributed by atoms with Crippen molar-refractivity contribution in [2.24, 2.45) is 5.10 Å². The summed E-state index contributed by atoms with van der Waals surface area (Å²) < 4.78 is 1.82. The van der Waals surface area contributed by atoms with Crippen molar-refractivity contribution in [3.63, 3.8) is 0 Å². The van der Waals surface area contributed by atoms with Crippen molar-refractivity contribution in [2.75, 3.05) is 5.43 Å². The highest BCUT2D eigenvalue weighted by Crippen LogP contribution is 2.11. The highest BCUT2D eigenvalue weighted by atomic mass is 16.4. The molecule has 104 valence electrons. The first-order chi connectivity index (χ1) is 9.60. The molecule has 0 saturated carbocycles. The molecule has 2 rings (SSSR count). The van der Waals surface area contributed by atoms with Crippen LogP contribution in [0.25, 0.3) is 0 Å². The number of hydrogen-bond donors (Lipinski definition) is 2. The number of nitrogens with one attached hydrogen (secondary N) is 1. The molecule has 0 saturated heterocycles. The number of carboxylic acid groups (broad SMARTS) is 1. The van der Waals surface area contributed by atoms with Crippen LogP contribution in [-0.4, -0.2) is 26.6 Å². The van der Waals surface area contributed by atoms with Gasteiger partial charge in [0.1, 0.15) is 0 Å². The Morgan fingerprint density at radius 1 is 1.45 bits per heavy atom. The second-order valence-corrected chi connectivity index (χ2v) is 4.28. The lowest BCUT2D eigenvalue weighted by Crippen LogP contribution is -2.01. The molecule has 0 amide bonds. The van der Waals surface area contributed by atoms with E-state index in [1.807, 2.05) is 24.7 Å². The molecule has 0 unspecified atom stereocenters. The number of anilines is 1. The third-order valence-corrected chi connectivity index (χ3v) is 2.84. The lowest BCUT2D eigenvalue weighted by molar-refractivity contribution is 0.0697. The molecule has 0 atom stereocenters. The number of rotatable bonds is 5. The summed E-state index contributed by atoms with van der Waals surface area (Å²) in [4.78, 5) is 10.9. The Labute approximate surface area is 116 Å². The zero-order valence-electron chi connectivity index (χ0n) is 11.4. The molecule has 2 N–H and O–H groups in total. The fourth-order valence-corrected chi connectivity index (χ4v) is 1.66. The fraction of sp³-hybridized carbons (Fsp3) is 0.214. The Morgan fingerprint density at radius 3 is 2.90 bits per heavy atom. The number of aromatic carboxylic acids is 1. The van der Waals surface area contributed by atoms with Crippen LogP contribution in [-0.2, 0) is 6.54 Å². The van der Waals surface area contributed by atoms with Crippen LogP contribution >= 0.6 is 0 Å². The number of benzene rings is 1. The van der Waals surface area contributed by atoms with Gasteiger partial charge in [-0.15, -0.1) is 0 Å². The van der Waals surface area contributed by atoms with Crippen LogP contribution in [0.4, 0.5) is 5.69 Å². The van der Waals surface area contributed by atoms with Gasteiger partial charge in [0.05, 0.1) is 23.2 Å². The average molecular weight is 272 g/mol. The predicted octanol–water partition coefficient (Wildman–Crippen LogP) is 2.44. The van der Waals surface area contributed by atoms with Crippen molar-refractivity contribution in [3.05, 3.63) is 47.8 Å². The molecule has 20 heavy (non-hydrogen) atoms. The number of hydrazone groups is 1. The molecular formula is C14H16N4O2. The lowest BCUT2D eigenvalue weighted by atomic mass is 10.2. The first-order valence-electron chi connectivity index (χ1n) is 6.26. The predicted molar refractivity (Wildman–Crippen MR) is 77.1 cm³/mol. The number of carboxylic acids is 1. The van der Waals surface area contributed by atoms with Crippen molar-refractivity contribution < 1.29 is 9.90 Å². The standard InChI is InChI=1S/C14H16N4O2/c1-3-18-9-12(8-15-18)10(2)16-17-13-6-4-5-11(7-13)14(19)20/h4-9,17H,3H2,1-2H3,(H,19,20)/b16-10+. The summed E-state index contributed by atoms with van der Waals surface area (Å²) in [6, 6.07) is 6.51. The smallest absolute Gasteiger partial charge is 0.335 e. The van der Waals surface area contributed by atoms with E-state index in [2.05, 4.69) is 15.6 Å². The van der Waals surface area contributed by atoms with E-state index in [1.165, 1.54) is 12.1 Å². The van der Waals surface area contributed by atoms with E-state index >= 15 is 0 Å². The van der Waals surface area contributed by atoms with Crippen LogP contribution in [0.3, 0.4) is 0 Å². The summed E-state index contributed by atoms with van der Waals surface area (Å²) in [5.74, 6) is -0.960. The number of hydrogen-bond acceptors (Lipinski definition) is 4. The van der Waals surface area contributed by atoms with Crippen LogP contribution in [0.5, 0.6) is 0 Å². The summed E-state index contributed by atoms with van der Waals surface area (Å²) in [7, 11) is 0. The molecule has 0 fully saturated rings. The minimum Gasteiger partial charge on any atom is -0.478 e. The number of nitrogens with zero attached hydrogens (tertiary/aromatic N) is 3. The van der Waals surface area contributed by atoms with E-state index in [9.17, 15) is 4.79 Å². The van der Waals surface area contributed by atoms with E-state index in [-0.39, 0.29) is 5.56 Å². The van der Waals surface area contributed by atoms with Crippen LogP contribution < -0.4 is 5.43 Å². The molecule has 0 spiro atoms. The average Bonchev–Trinajstić information content (AvgIpc) is 2.94. The summed E-state index contributed by atoms with van der Waals surface area (Å²) in [5, 5.41) is 17.3. The van der Waals surface area contributed by atoms with Crippen molar-refractivity contribution in [2.45, 2.75) is 20.4 Å². The van der Waals surface area contributed by atoms with Gasteiger partial charge in [-0.3, -0.25) is 10.1 Å². The summed E-state index contributed by atoms with van der Waals surface area (Å²) in [5.41, 5.74) is 5.42. The summed E-state index contributed by atoms with van der Waals surface area (Å²) >= 11 is 0. The fourth-order valence-electron chi connectivity index (χ4n) is 1.66. The van der Waals surface area contributed by atoms with E-state index in [0.717, 1.165) is 17.8 Å². The van der Waals surface area contributed by atoms with Gasteiger partial charge < -0.3 is 5.11 Å². The number of aromatic nitrogens is 2. The van der Waals surface area contributed by atoms with Crippen LogP contribution in [0.1, 0.15) is 29.8 Å². The van der Waals surface area contributed by atoms with Gasteiger partial charge in [0, 0.05) is 18.3 Å². The van der Waals surface area contributed by atoms with Gasteiger partial charge in [-0.2, -0.15) is 10.2 Å². The van der Waals surface area contributed by atoms with Gasteiger partial charge in [-0.1, -0.05) is 6.07 Å². The van der Waals surface area contributed by atoms with Gasteiger partial charge >= 0.3 is 5.97 Å². The minimum absolute atomic E-state index is 0.224. The van der Waals surface area contributed by atoms with Gasteiger partial charge in [0.2, 0.25) is 0 Å². The lowest BCUT2D eigenvalue weighted by Gasteiger charge is -2.03. The largest absolute Gasteiger partial charge is 0.478 e. The zero-order chi connectivity index (χ0) is 14.5. The topological polar surface area (TPSA) is 79.5 Å². The first kappa shape index (κ1) is 13.8. The molecule has 0 aliphatic carbocycles. The number of carbonyl (C=O) groups is 1. The maximum Gasteiger partial charge on any atom is 0.335 e. The highest BCUT2D eigenvalue weighted by Gasteiger charge is 2.04. The first-order valence-corrected chi connectivity index (χ1v) is 6.26.